The number of carbonyl (C=O) groups excluding carboxylic acids is 2. The minimum atomic E-state index is -1.01. The molecule has 0 radical (unpaired) electrons. The van der Waals surface area contributed by atoms with Crippen LogP contribution >= 0.6 is 0 Å². The summed E-state index contributed by atoms with van der Waals surface area (Å²) >= 11 is 0. The van der Waals surface area contributed by atoms with Gasteiger partial charge in [0.1, 0.15) is 6.04 Å². The van der Waals surface area contributed by atoms with Crippen molar-refractivity contribution in [3.63, 3.8) is 0 Å². The number of nitrogens with zero attached hydrogens (tertiary/aromatic N) is 1. The third kappa shape index (κ3) is 3.10. The van der Waals surface area contributed by atoms with Crippen molar-refractivity contribution in [3.8, 4) is 0 Å². The van der Waals surface area contributed by atoms with Crippen molar-refractivity contribution in [3.05, 3.63) is 34.9 Å². The van der Waals surface area contributed by atoms with Gasteiger partial charge in [-0.05, 0) is 30.0 Å². The highest BCUT2D eigenvalue weighted by atomic mass is 16.4. The van der Waals surface area contributed by atoms with Crippen LogP contribution in [0.4, 0.5) is 0 Å². The zero-order valence-corrected chi connectivity index (χ0v) is 12.5. The number of amides is 2. The van der Waals surface area contributed by atoms with Crippen LogP contribution in [0.25, 0.3) is 0 Å². The number of aryl methyl sites for hydroxylation is 1. The van der Waals surface area contributed by atoms with Gasteiger partial charge in [-0.1, -0.05) is 25.5 Å². The van der Waals surface area contributed by atoms with Crippen LogP contribution in [-0.2, 0) is 22.6 Å². The molecule has 1 unspecified atom stereocenters. The first-order valence-electron chi connectivity index (χ1n) is 7.38. The van der Waals surface area contributed by atoms with Gasteiger partial charge in [0.2, 0.25) is 5.91 Å². The third-order valence-electron chi connectivity index (χ3n) is 3.95. The lowest BCUT2D eigenvalue weighted by atomic mass is 10.00. The van der Waals surface area contributed by atoms with Gasteiger partial charge >= 0.3 is 5.97 Å². The quantitative estimate of drug-likeness (QED) is 0.793. The second kappa shape index (κ2) is 6.60. The van der Waals surface area contributed by atoms with E-state index in [0.29, 0.717) is 12.1 Å². The Morgan fingerprint density at radius 1 is 1.41 bits per heavy atom. The van der Waals surface area contributed by atoms with Gasteiger partial charge in [0.25, 0.3) is 5.91 Å². The van der Waals surface area contributed by atoms with E-state index in [0.717, 1.165) is 24.0 Å². The molecular formula is C16H20N2O4. The zero-order valence-electron chi connectivity index (χ0n) is 12.5. The molecule has 0 aliphatic carbocycles. The Labute approximate surface area is 128 Å². The zero-order chi connectivity index (χ0) is 16.3. The summed E-state index contributed by atoms with van der Waals surface area (Å²) < 4.78 is 0. The van der Waals surface area contributed by atoms with Gasteiger partial charge in [-0.3, -0.25) is 14.4 Å². The molecule has 1 heterocycles. The Kier molecular flexibility index (Phi) is 4.80. The number of hydrogen-bond acceptors (Lipinski definition) is 3. The fourth-order valence-electron chi connectivity index (χ4n) is 2.89. The summed E-state index contributed by atoms with van der Waals surface area (Å²) in [6.07, 6.45) is 1.66. The first kappa shape index (κ1) is 16.0. The van der Waals surface area contributed by atoms with E-state index < -0.39 is 17.9 Å². The maximum Gasteiger partial charge on any atom is 0.303 e. The van der Waals surface area contributed by atoms with Crippen LogP contribution in [0.3, 0.4) is 0 Å². The molecule has 1 aromatic carbocycles. The topological polar surface area (TPSA) is 101 Å². The highest BCUT2D eigenvalue weighted by Gasteiger charge is 2.36. The highest BCUT2D eigenvalue weighted by molar-refractivity contribution is 6.01. The summed E-state index contributed by atoms with van der Waals surface area (Å²) in [6.45, 7) is 2.38. The second-order valence-corrected chi connectivity index (χ2v) is 5.48. The second-order valence-electron chi connectivity index (χ2n) is 5.48. The molecule has 1 aliphatic heterocycles. The molecule has 2 rings (SSSR count). The van der Waals surface area contributed by atoms with Crippen molar-refractivity contribution in [2.45, 2.75) is 45.2 Å². The van der Waals surface area contributed by atoms with E-state index in [4.69, 9.17) is 10.8 Å². The fraction of sp³-hybridized carbons (Fsp3) is 0.438. The van der Waals surface area contributed by atoms with Crippen molar-refractivity contribution in [1.82, 2.24) is 4.90 Å². The monoisotopic (exact) mass is 304 g/mol. The molecule has 0 bridgehead atoms. The van der Waals surface area contributed by atoms with Gasteiger partial charge in [0.05, 0.1) is 0 Å². The largest absolute Gasteiger partial charge is 0.481 e. The number of aliphatic carboxylic acids is 1. The smallest absolute Gasteiger partial charge is 0.303 e. The van der Waals surface area contributed by atoms with Crippen LogP contribution in [-0.4, -0.2) is 33.8 Å². The fourth-order valence-corrected chi connectivity index (χ4v) is 2.89. The van der Waals surface area contributed by atoms with Gasteiger partial charge in [0, 0.05) is 18.5 Å². The highest BCUT2D eigenvalue weighted by Crippen LogP contribution is 2.29. The molecular weight excluding hydrogens is 284 g/mol. The van der Waals surface area contributed by atoms with E-state index >= 15 is 0 Å². The predicted octanol–water partition coefficient (Wildman–Crippen LogP) is 1.31. The van der Waals surface area contributed by atoms with Crippen molar-refractivity contribution < 1.29 is 19.5 Å². The first-order chi connectivity index (χ1) is 10.5. The maximum atomic E-state index is 12.5. The van der Waals surface area contributed by atoms with Gasteiger partial charge in [-0.2, -0.15) is 0 Å². The van der Waals surface area contributed by atoms with Gasteiger partial charge in [0.15, 0.2) is 0 Å². The van der Waals surface area contributed by atoms with E-state index in [1.54, 1.807) is 6.07 Å². The molecule has 0 saturated heterocycles. The summed E-state index contributed by atoms with van der Waals surface area (Å²) in [5, 5.41) is 8.78. The molecule has 3 N–H and O–H groups in total. The number of hydrogen-bond donors (Lipinski definition) is 2. The summed E-state index contributed by atoms with van der Waals surface area (Å²) in [6, 6.07) is 4.68. The average Bonchev–Trinajstić information content (AvgIpc) is 2.78. The van der Waals surface area contributed by atoms with Crippen LogP contribution in [0.1, 0.15) is 47.7 Å². The number of primary amides is 1. The molecule has 1 atom stereocenters. The molecule has 6 heteroatoms. The Morgan fingerprint density at radius 2 is 2.14 bits per heavy atom. The van der Waals surface area contributed by atoms with E-state index in [2.05, 4.69) is 6.92 Å². The summed E-state index contributed by atoms with van der Waals surface area (Å²) in [4.78, 5) is 36.3. The third-order valence-corrected chi connectivity index (χ3v) is 3.95. The van der Waals surface area contributed by atoms with Crippen LogP contribution in [0, 0.1) is 0 Å². The van der Waals surface area contributed by atoms with Crippen molar-refractivity contribution in [1.29, 1.82) is 0 Å². The SMILES string of the molecule is CCCc1cccc2c1CN(C(CCC(=O)O)C(N)=O)C2=O. The van der Waals surface area contributed by atoms with Crippen molar-refractivity contribution in [2.24, 2.45) is 5.73 Å². The van der Waals surface area contributed by atoms with Crippen molar-refractivity contribution in [2.75, 3.05) is 0 Å². The number of rotatable bonds is 7. The predicted molar refractivity (Wildman–Crippen MR) is 80.2 cm³/mol. The molecule has 0 aromatic heterocycles. The molecule has 22 heavy (non-hydrogen) atoms. The average molecular weight is 304 g/mol. The number of benzene rings is 1. The number of carbonyl (C=O) groups is 3. The van der Waals surface area contributed by atoms with Crippen LogP contribution < -0.4 is 5.73 Å². The molecule has 118 valence electrons. The minimum absolute atomic E-state index is 0.0352. The molecule has 0 spiro atoms. The lowest BCUT2D eigenvalue weighted by Crippen LogP contribution is -2.45. The van der Waals surface area contributed by atoms with Gasteiger partial charge < -0.3 is 15.7 Å². The van der Waals surface area contributed by atoms with E-state index in [1.165, 1.54) is 4.90 Å². The lowest BCUT2D eigenvalue weighted by molar-refractivity contribution is -0.137. The van der Waals surface area contributed by atoms with E-state index in [-0.39, 0.29) is 18.7 Å². The van der Waals surface area contributed by atoms with Gasteiger partial charge in [-0.15, -0.1) is 0 Å². The Balaban J connectivity index is 2.27. The summed E-state index contributed by atoms with van der Waals surface area (Å²) in [7, 11) is 0. The minimum Gasteiger partial charge on any atom is -0.481 e. The molecule has 0 saturated carbocycles. The Hall–Kier alpha value is -2.37. The number of carboxylic acids is 1. The molecule has 2 amide bonds. The number of nitrogens with two attached hydrogens (primary N) is 1. The number of fused-ring (bicyclic) bond motifs is 1. The lowest BCUT2D eigenvalue weighted by Gasteiger charge is -2.24. The first-order valence-corrected chi connectivity index (χ1v) is 7.38. The van der Waals surface area contributed by atoms with Crippen molar-refractivity contribution >= 4 is 17.8 Å². The number of carboxylic acid groups (broad SMARTS) is 1. The summed E-state index contributed by atoms with van der Waals surface area (Å²) in [5.74, 6) is -1.93. The molecule has 1 aliphatic rings. The Morgan fingerprint density at radius 3 is 2.73 bits per heavy atom. The Bertz CT molecular complexity index is 612. The van der Waals surface area contributed by atoms with E-state index in [1.807, 2.05) is 12.1 Å². The van der Waals surface area contributed by atoms with Crippen LogP contribution in [0.5, 0.6) is 0 Å². The maximum absolute atomic E-state index is 12.5. The molecule has 6 nitrogen and oxygen atoms in total. The van der Waals surface area contributed by atoms with E-state index in [9.17, 15) is 14.4 Å². The van der Waals surface area contributed by atoms with Gasteiger partial charge in [-0.25, -0.2) is 0 Å². The molecule has 1 aromatic rings. The summed E-state index contributed by atoms with van der Waals surface area (Å²) in [5.41, 5.74) is 7.98. The van der Waals surface area contributed by atoms with Crippen LogP contribution in [0.2, 0.25) is 0 Å². The normalized spacial score (nSPS) is 14.8. The van der Waals surface area contributed by atoms with Crippen LogP contribution in [0.15, 0.2) is 18.2 Å². The molecule has 0 fully saturated rings. The standard InChI is InChI=1S/C16H20N2O4/c1-2-4-10-5-3-6-11-12(10)9-18(16(11)22)13(15(17)21)7-8-14(19)20/h3,5-6,13H,2,4,7-9H2,1H3,(H2,17,21)(H,19,20).